The summed E-state index contributed by atoms with van der Waals surface area (Å²) in [7, 11) is 0. The maximum absolute atomic E-state index is 10.2. The minimum absolute atomic E-state index is 0. The van der Waals surface area contributed by atoms with Gasteiger partial charge in [-0.1, -0.05) is 13.3 Å². The first kappa shape index (κ1) is 12.4. The van der Waals surface area contributed by atoms with Crippen LogP contribution in [-0.4, -0.2) is 16.7 Å². The highest BCUT2D eigenvalue weighted by Gasteiger charge is 2.26. The molecule has 0 amide bonds. The van der Waals surface area contributed by atoms with Gasteiger partial charge in [-0.15, -0.1) is 12.4 Å². The van der Waals surface area contributed by atoms with E-state index in [0.29, 0.717) is 12.8 Å². The molecule has 0 aliphatic carbocycles. The molecule has 0 aliphatic heterocycles. The van der Waals surface area contributed by atoms with Gasteiger partial charge in [0.1, 0.15) is 0 Å². The van der Waals surface area contributed by atoms with Crippen molar-refractivity contribution >= 4 is 18.4 Å². The number of hydrogen-bond donors (Lipinski definition) is 3. The fourth-order valence-electron chi connectivity index (χ4n) is 0.521. The van der Waals surface area contributed by atoms with Crippen molar-refractivity contribution < 1.29 is 9.90 Å². The van der Waals surface area contributed by atoms with Crippen molar-refractivity contribution in [2.75, 3.05) is 0 Å². The normalized spacial score (nSPS) is 10.3. The average Bonchev–Trinajstić information content (AvgIpc) is 1.65. The summed E-state index contributed by atoms with van der Waals surface area (Å²) in [6, 6.07) is 0. The lowest BCUT2D eigenvalue weighted by Gasteiger charge is -2.16. The van der Waals surface area contributed by atoms with E-state index >= 15 is 0 Å². The summed E-state index contributed by atoms with van der Waals surface area (Å²) >= 11 is 0. The number of aliphatic carboxylic acids is 1. The van der Waals surface area contributed by atoms with Gasteiger partial charge in [-0.05, 0) is 6.42 Å². The first-order valence-electron chi connectivity index (χ1n) is 2.82. The Bertz CT molecular complexity index is 116. The molecule has 0 fully saturated rings. The number of rotatable bonds is 3. The standard InChI is InChI=1S/C5H12N2O2.ClH/c1-2-3-5(6,7)4(8)9;/h2-3,6-7H2,1H3,(H,8,9);1H. The monoisotopic (exact) mass is 168 g/mol. The third kappa shape index (κ3) is 3.66. The summed E-state index contributed by atoms with van der Waals surface area (Å²) in [6.07, 6.45) is 0.988. The summed E-state index contributed by atoms with van der Waals surface area (Å²) in [5.41, 5.74) is 8.76. The molecular formula is C5H13ClN2O2. The van der Waals surface area contributed by atoms with Crippen LogP contribution in [0.15, 0.2) is 0 Å². The number of carbonyl (C=O) groups is 1. The van der Waals surface area contributed by atoms with Crippen LogP contribution in [-0.2, 0) is 4.79 Å². The number of halogens is 1. The largest absolute Gasteiger partial charge is 0.479 e. The molecule has 0 saturated carbocycles. The van der Waals surface area contributed by atoms with Crippen molar-refractivity contribution in [3.8, 4) is 0 Å². The molecular weight excluding hydrogens is 156 g/mol. The van der Waals surface area contributed by atoms with Gasteiger partial charge in [-0.3, -0.25) is 0 Å². The van der Waals surface area contributed by atoms with E-state index in [2.05, 4.69) is 0 Å². The molecule has 0 atom stereocenters. The van der Waals surface area contributed by atoms with Gasteiger partial charge < -0.3 is 16.6 Å². The van der Waals surface area contributed by atoms with Gasteiger partial charge in [-0.2, -0.15) is 0 Å². The van der Waals surface area contributed by atoms with Gasteiger partial charge in [0.2, 0.25) is 0 Å². The molecule has 0 saturated heterocycles. The zero-order valence-corrected chi connectivity index (χ0v) is 6.65. The predicted octanol–water partition coefficient (Wildman–Crippen LogP) is -0.0934. The van der Waals surface area contributed by atoms with Crippen molar-refractivity contribution in [2.24, 2.45) is 11.5 Å². The zero-order chi connectivity index (χ0) is 7.49. The topological polar surface area (TPSA) is 89.3 Å². The minimum Gasteiger partial charge on any atom is -0.479 e. The van der Waals surface area contributed by atoms with Gasteiger partial charge in [0.05, 0.1) is 0 Å². The Morgan fingerprint density at radius 2 is 2.00 bits per heavy atom. The molecule has 0 aromatic carbocycles. The van der Waals surface area contributed by atoms with Crippen molar-refractivity contribution in [1.82, 2.24) is 0 Å². The van der Waals surface area contributed by atoms with Crippen LogP contribution in [0.1, 0.15) is 19.8 Å². The van der Waals surface area contributed by atoms with Crippen molar-refractivity contribution in [1.29, 1.82) is 0 Å². The molecule has 10 heavy (non-hydrogen) atoms. The van der Waals surface area contributed by atoms with Crippen molar-refractivity contribution in [2.45, 2.75) is 25.4 Å². The third-order valence-electron chi connectivity index (χ3n) is 1.06. The number of nitrogens with two attached hydrogens (primary N) is 2. The molecule has 0 unspecified atom stereocenters. The molecule has 62 valence electrons. The number of hydrogen-bond acceptors (Lipinski definition) is 3. The highest BCUT2D eigenvalue weighted by Crippen LogP contribution is 2.00. The molecule has 0 heterocycles. The second-order valence-corrected chi connectivity index (χ2v) is 2.10. The average molecular weight is 169 g/mol. The molecule has 4 nitrogen and oxygen atoms in total. The smallest absolute Gasteiger partial charge is 0.338 e. The van der Waals surface area contributed by atoms with Crippen LogP contribution in [0, 0.1) is 0 Å². The predicted molar refractivity (Wildman–Crippen MR) is 40.9 cm³/mol. The van der Waals surface area contributed by atoms with Crippen LogP contribution in [0.25, 0.3) is 0 Å². The molecule has 5 N–H and O–H groups in total. The molecule has 0 radical (unpaired) electrons. The van der Waals surface area contributed by atoms with E-state index in [-0.39, 0.29) is 12.4 Å². The second kappa shape index (κ2) is 4.49. The van der Waals surface area contributed by atoms with Crippen LogP contribution < -0.4 is 11.5 Å². The Hall–Kier alpha value is -0.320. The zero-order valence-electron chi connectivity index (χ0n) is 5.83. The Kier molecular flexibility index (Phi) is 5.55. The van der Waals surface area contributed by atoms with Gasteiger partial charge in [-0.25, -0.2) is 4.79 Å². The lowest BCUT2D eigenvalue weighted by Crippen LogP contribution is -2.56. The van der Waals surface area contributed by atoms with Gasteiger partial charge >= 0.3 is 5.97 Å². The molecule has 0 aromatic heterocycles. The van der Waals surface area contributed by atoms with E-state index in [1.165, 1.54) is 0 Å². The summed E-state index contributed by atoms with van der Waals surface area (Å²) in [4.78, 5) is 10.2. The van der Waals surface area contributed by atoms with Crippen molar-refractivity contribution in [3.05, 3.63) is 0 Å². The van der Waals surface area contributed by atoms with E-state index < -0.39 is 11.6 Å². The lowest BCUT2D eigenvalue weighted by atomic mass is 10.1. The minimum atomic E-state index is -1.53. The van der Waals surface area contributed by atoms with E-state index in [1.807, 2.05) is 6.92 Å². The molecule has 0 spiro atoms. The van der Waals surface area contributed by atoms with Crippen LogP contribution in [0.3, 0.4) is 0 Å². The fraction of sp³-hybridized carbons (Fsp3) is 0.800. The van der Waals surface area contributed by atoms with E-state index in [9.17, 15) is 4.79 Å². The van der Waals surface area contributed by atoms with E-state index in [1.54, 1.807) is 0 Å². The van der Waals surface area contributed by atoms with Crippen molar-refractivity contribution in [3.63, 3.8) is 0 Å². The fourth-order valence-corrected chi connectivity index (χ4v) is 0.521. The number of carboxylic acid groups (broad SMARTS) is 1. The maximum Gasteiger partial charge on any atom is 0.338 e. The van der Waals surface area contributed by atoms with E-state index in [4.69, 9.17) is 16.6 Å². The van der Waals surface area contributed by atoms with Gasteiger partial charge in [0.15, 0.2) is 5.66 Å². The van der Waals surface area contributed by atoms with E-state index in [0.717, 1.165) is 0 Å². The molecule has 0 aliphatic rings. The Morgan fingerprint density at radius 1 is 1.60 bits per heavy atom. The summed E-state index contributed by atoms with van der Waals surface area (Å²) in [5, 5.41) is 8.32. The molecule has 0 rings (SSSR count). The SMILES string of the molecule is CCCC(N)(N)C(=O)O.Cl. The Morgan fingerprint density at radius 3 is 2.10 bits per heavy atom. The highest BCUT2D eigenvalue weighted by molar-refractivity contribution is 5.85. The lowest BCUT2D eigenvalue weighted by molar-refractivity contribution is -0.143. The van der Waals surface area contributed by atoms with Gasteiger partial charge in [0, 0.05) is 0 Å². The van der Waals surface area contributed by atoms with Crippen LogP contribution >= 0.6 is 12.4 Å². The second-order valence-electron chi connectivity index (χ2n) is 2.10. The van der Waals surface area contributed by atoms with Gasteiger partial charge in [0.25, 0.3) is 0 Å². The quantitative estimate of drug-likeness (QED) is 0.514. The van der Waals surface area contributed by atoms with Crippen LogP contribution in [0.4, 0.5) is 0 Å². The summed E-state index contributed by atoms with van der Waals surface area (Å²) in [5.74, 6) is -1.15. The Balaban J connectivity index is 0. The summed E-state index contributed by atoms with van der Waals surface area (Å²) in [6.45, 7) is 1.83. The number of carboxylic acids is 1. The summed E-state index contributed by atoms with van der Waals surface area (Å²) < 4.78 is 0. The van der Waals surface area contributed by atoms with Crippen LogP contribution in [0.5, 0.6) is 0 Å². The third-order valence-corrected chi connectivity index (χ3v) is 1.06. The highest BCUT2D eigenvalue weighted by atomic mass is 35.5. The first-order chi connectivity index (χ1) is 4.00. The molecule has 0 bridgehead atoms. The maximum atomic E-state index is 10.2. The first-order valence-corrected chi connectivity index (χ1v) is 2.82. The molecule has 5 heteroatoms. The Labute approximate surface area is 66.0 Å². The van der Waals surface area contributed by atoms with Crippen LogP contribution in [0.2, 0.25) is 0 Å². The molecule has 0 aromatic rings.